The van der Waals surface area contributed by atoms with Crippen molar-refractivity contribution < 1.29 is 14.6 Å². The van der Waals surface area contributed by atoms with Crippen LogP contribution in [0.25, 0.3) is 0 Å². The van der Waals surface area contributed by atoms with Crippen LogP contribution >= 0.6 is 0 Å². The van der Waals surface area contributed by atoms with Gasteiger partial charge in [-0.15, -0.1) is 0 Å². The molecule has 10 heavy (non-hydrogen) atoms. The zero-order chi connectivity index (χ0) is 7.72. The maximum Gasteiger partial charge on any atom is 0.135 e. The molecule has 1 aliphatic rings. The van der Waals surface area contributed by atoms with Gasteiger partial charge in [0.2, 0.25) is 0 Å². The Kier molecular flexibility index (Phi) is 1.87. The molecule has 0 bridgehead atoms. The lowest BCUT2D eigenvalue weighted by atomic mass is 10.0. The maximum absolute atomic E-state index is 12.4. The highest BCUT2D eigenvalue weighted by Gasteiger charge is 2.24. The molecule has 0 spiro atoms. The molecule has 0 aromatic heterocycles. The van der Waals surface area contributed by atoms with Crippen LogP contribution in [0.4, 0.5) is 4.39 Å². The lowest BCUT2D eigenvalue weighted by molar-refractivity contribution is 0.0495. The Labute approximate surface area is 58.3 Å². The topological polar surface area (TPSA) is 40.5 Å². The highest BCUT2D eigenvalue weighted by Crippen LogP contribution is 2.19. The molecule has 56 valence electrons. The zero-order valence-corrected chi connectivity index (χ0v) is 5.58. The largest absolute Gasteiger partial charge is 0.386 e. The van der Waals surface area contributed by atoms with E-state index in [0.29, 0.717) is 5.57 Å². The van der Waals surface area contributed by atoms with E-state index >= 15 is 0 Å². The van der Waals surface area contributed by atoms with Gasteiger partial charge in [0, 0.05) is 0 Å². The van der Waals surface area contributed by atoms with Crippen molar-refractivity contribution in [3.05, 3.63) is 23.6 Å². The third-order valence-corrected chi connectivity index (χ3v) is 1.55. The Morgan fingerprint density at radius 3 is 2.40 bits per heavy atom. The van der Waals surface area contributed by atoms with Gasteiger partial charge >= 0.3 is 0 Å². The van der Waals surface area contributed by atoms with Crippen molar-refractivity contribution in [3.63, 3.8) is 0 Å². The molecule has 1 aliphatic carbocycles. The molecule has 3 heteroatoms. The fraction of sp³-hybridized carbons (Fsp3) is 0.429. The number of hydrogen-bond acceptors (Lipinski definition) is 2. The van der Waals surface area contributed by atoms with E-state index in [1.165, 1.54) is 6.08 Å². The first-order valence-corrected chi connectivity index (χ1v) is 3.03. The highest BCUT2D eigenvalue weighted by molar-refractivity contribution is 5.26. The number of rotatable bonds is 0. The van der Waals surface area contributed by atoms with Crippen LogP contribution in [0.5, 0.6) is 0 Å². The highest BCUT2D eigenvalue weighted by atomic mass is 19.1. The number of halogens is 1. The van der Waals surface area contributed by atoms with Gasteiger partial charge in [0.05, 0.1) is 0 Å². The normalized spacial score (nSPS) is 33.2. The predicted molar refractivity (Wildman–Crippen MR) is 35.0 cm³/mol. The summed E-state index contributed by atoms with van der Waals surface area (Å²) in [5.74, 6) is -0.682. The Balaban J connectivity index is 2.86. The van der Waals surface area contributed by atoms with Gasteiger partial charge in [-0.25, -0.2) is 4.39 Å². The summed E-state index contributed by atoms with van der Waals surface area (Å²) < 4.78 is 12.4. The van der Waals surface area contributed by atoms with Crippen molar-refractivity contribution in [2.75, 3.05) is 0 Å². The van der Waals surface area contributed by atoms with E-state index in [2.05, 4.69) is 0 Å². The first-order chi connectivity index (χ1) is 4.63. The van der Waals surface area contributed by atoms with Crippen molar-refractivity contribution >= 4 is 0 Å². The van der Waals surface area contributed by atoms with Gasteiger partial charge in [0.1, 0.15) is 18.0 Å². The number of allylic oxidation sites excluding steroid dienone is 2. The molecule has 0 aromatic rings. The summed E-state index contributed by atoms with van der Waals surface area (Å²) in [5.41, 5.74) is 0.578. The lowest BCUT2D eigenvalue weighted by Crippen LogP contribution is -2.29. The summed E-state index contributed by atoms with van der Waals surface area (Å²) in [6, 6.07) is 0. The lowest BCUT2D eigenvalue weighted by Gasteiger charge is -2.19. The molecule has 0 saturated heterocycles. The second-order valence-electron chi connectivity index (χ2n) is 2.35. The van der Waals surface area contributed by atoms with Gasteiger partial charge in [0.15, 0.2) is 0 Å². The van der Waals surface area contributed by atoms with Crippen molar-refractivity contribution in [2.24, 2.45) is 0 Å². The fourth-order valence-corrected chi connectivity index (χ4v) is 0.808. The van der Waals surface area contributed by atoms with Crippen molar-refractivity contribution in [1.29, 1.82) is 0 Å². The van der Waals surface area contributed by atoms with E-state index in [1.54, 1.807) is 6.92 Å². The second-order valence-corrected chi connectivity index (χ2v) is 2.35. The molecule has 0 radical (unpaired) electrons. The average Bonchev–Trinajstić information content (AvgIpc) is 1.93. The summed E-state index contributed by atoms with van der Waals surface area (Å²) in [6.45, 7) is 1.64. The van der Waals surface area contributed by atoms with Crippen LogP contribution in [0.15, 0.2) is 23.6 Å². The van der Waals surface area contributed by atoms with E-state index < -0.39 is 18.0 Å². The summed E-state index contributed by atoms with van der Waals surface area (Å²) in [4.78, 5) is 0. The van der Waals surface area contributed by atoms with Crippen LogP contribution in [0.3, 0.4) is 0 Å². The Morgan fingerprint density at radius 1 is 1.30 bits per heavy atom. The third kappa shape index (κ3) is 1.10. The number of aliphatic hydroxyl groups is 2. The monoisotopic (exact) mass is 144 g/mol. The van der Waals surface area contributed by atoms with E-state index in [-0.39, 0.29) is 0 Å². The van der Waals surface area contributed by atoms with Crippen molar-refractivity contribution in [2.45, 2.75) is 19.1 Å². The molecular weight excluding hydrogens is 135 g/mol. The minimum Gasteiger partial charge on any atom is -0.386 e. The van der Waals surface area contributed by atoms with Crippen molar-refractivity contribution in [1.82, 2.24) is 0 Å². The van der Waals surface area contributed by atoms with Crippen LogP contribution in [0.1, 0.15) is 6.92 Å². The summed E-state index contributed by atoms with van der Waals surface area (Å²) in [6.07, 6.45) is 0.161. The van der Waals surface area contributed by atoms with E-state index in [0.717, 1.165) is 6.08 Å². The van der Waals surface area contributed by atoms with Crippen LogP contribution in [0, 0.1) is 0 Å². The summed E-state index contributed by atoms with van der Waals surface area (Å²) >= 11 is 0. The molecule has 0 heterocycles. The predicted octanol–water partition coefficient (Wildman–Crippen LogP) is 0.521. The molecule has 2 N–H and O–H groups in total. The van der Waals surface area contributed by atoms with Crippen LogP contribution in [-0.4, -0.2) is 22.4 Å². The second kappa shape index (κ2) is 2.52. The van der Waals surface area contributed by atoms with Gasteiger partial charge in [0.25, 0.3) is 0 Å². The van der Waals surface area contributed by atoms with Crippen LogP contribution in [-0.2, 0) is 0 Å². The molecule has 1 rings (SSSR count). The number of hydrogen-bond donors (Lipinski definition) is 2. The van der Waals surface area contributed by atoms with Gasteiger partial charge in [-0.1, -0.05) is 6.08 Å². The SMILES string of the molecule is CC1=CC=C(F)[C@@H](O)[C@H]1O. The summed E-state index contributed by atoms with van der Waals surface area (Å²) in [5, 5.41) is 17.9. The first kappa shape index (κ1) is 7.44. The Hall–Kier alpha value is -0.670. The van der Waals surface area contributed by atoms with Gasteiger partial charge in [-0.05, 0) is 18.6 Å². The van der Waals surface area contributed by atoms with E-state index in [4.69, 9.17) is 10.2 Å². The third-order valence-electron chi connectivity index (χ3n) is 1.55. The summed E-state index contributed by atoms with van der Waals surface area (Å²) in [7, 11) is 0. The first-order valence-electron chi connectivity index (χ1n) is 3.03. The standard InChI is InChI=1S/C7H9FO2/c1-4-2-3-5(8)7(10)6(4)9/h2-3,6-7,9-10H,1H3/t6-,7+/m0/s1. The molecule has 0 aromatic carbocycles. The minimum absolute atomic E-state index is 0.578. The zero-order valence-electron chi connectivity index (χ0n) is 5.58. The minimum atomic E-state index is -1.37. The van der Waals surface area contributed by atoms with Crippen molar-refractivity contribution in [3.8, 4) is 0 Å². The fourth-order valence-electron chi connectivity index (χ4n) is 0.808. The van der Waals surface area contributed by atoms with Gasteiger partial charge in [-0.2, -0.15) is 0 Å². The molecular formula is C7H9FO2. The maximum atomic E-state index is 12.4. The van der Waals surface area contributed by atoms with E-state index in [9.17, 15) is 4.39 Å². The molecule has 0 fully saturated rings. The molecule has 2 atom stereocenters. The van der Waals surface area contributed by atoms with Crippen LogP contribution in [0.2, 0.25) is 0 Å². The molecule has 2 nitrogen and oxygen atoms in total. The molecule has 0 amide bonds. The average molecular weight is 144 g/mol. The molecule has 0 aliphatic heterocycles. The van der Waals surface area contributed by atoms with Gasteiger partial charge < -0.3 is 10.2 Å². The quantitative estimate of drug-likeness (QED) is 0.520. The number of aliphatic hydroxyl groups excluding tert-OH is 2. The smallest absolute Gasteiger partial charge is 0.135 e. The van der Waals surface area contributed by atoms with Crippen LogP contribution < -0.4 is 0 Å². The Morgan fingerprint density at radius 2 is 1.90 bits per heavy atom. The molecule has 0 unspecified atom stereocenters. The molecule has 0 saturated carbocycles. The van der Waals surface area contributed by atoms with E-state index in [1.807, 2.05) is 0 Å². The Bertz CT molecular complexity index is 174. The van der Waals surface area contributed by atoms with Gasteiger partial charge in [-0.3, -0.25) is 0 Å².